The van der Waals surface area contributed by atoms with E-state index in [9.17, 15) is 4.79 Å². The van der Waals surface area contributed by atoms with Crippen LogP contribution >= 0.6 is 0 Å². The Labute approximate surface area is 124 Å². The number of ether oxygens (including phenoxy) is 1. The molecule has 2 rings (SSSR count). The molecule has 0 aliphatic rings. The van der Waals surface area contributed by atoms with Crippen molar-refractivity contribution in [2.24, 2.45) is 0 Å². The second kappa shape index (κ2) is 7.59. The maximum absolute atomic E-state index is 12.0. The number of nitrogens with zero attached hydrogens (tertiary/aromatic N) is 1. The topological polar surface area (TPSA) is 63.2 Å². The molecule has 0 saturated heterocycles. The molecule has 0 atom stereocenters. The molecule has 1 aromatic heterocycles. The van der Waals surface area contributed by atoms with E-state index in [0.717, 1.165) is 36.2 Å². The van der Waals surface area contributed by atoms with Crippen LogP contribution in [-0.2, 0) is 0 Å². The molecule has 112 valence electrons. The van der Waals surface area contributed by atoms with E-state index in [1.54, 1.807) is 13.2 Å². The Bertz CT molecular complexity index is 613. The van der Waals surface area contributed by atoms with Crippen molar-refractivity contribution < 1.29 is 9.53 Å². The summed E-state index contributed by atoms with van der Waals surface area (Å²) in [7, 11) is 1.63. The molecule has 2 N–H and O–H groups in total. The largest absolute Gasteiger partial charge is 0.497 e. The number of amides is 1. The highest BCUT2D eigenvalue weighted by atomic mass is 16.5. The summed E-state index contributed by atoms with van der Waals surface area (Å²) in [5, 5.41) is 7.05. The lowest BCUT2D eigenvalue weighted by molar-refractivity contribution is 0.0949. The van der Waals surface area contributed by atoms with E-state index in [-0.39, 0.29) is 5.91 Å². The van der Waals surface area contributed by atoms with Crippen LogP contribution in [0.1, 0.15) is 23.8 Å². The number of rotatable bonds is 7. The number of aromatic nitrogens is 1. The van der Waals surface area contributed by atoms with Gasteiger partial charge >= 0.3 is 0 Å². The molecule has 2 aromatic rings. The first kappa shape index (κ1) is 15.3. The number of nitrogens with one attached hydrogen (secondary N) is 2. The van der Waals surface area contributed by atoms with Gasteiger partial charge in [0.25, 0.3) is 5.91 Å². The third-order valence-electron chi connectivity index (χ3n) is 3.14. The number of hydrogen-bond acceptors (Lipinski definition) is 4. The van der Waals surface area contributed by atoms with Crippen molar-refractivity contribution in [1.29, 1.82) is 0 Å². The molecule has 1 heterocycles. The maximum atomic E-state index is 12.0. The minimum atomic E-state index is -0.147. The Morgan fingerprint density at radius 1 is 1.19 bits per heavy atom. The third-order valence-corrected chi connectivity index (χ3v) is 3.14. The van der Waals surface area contributed by atoms with Gasteiger partial charge in [-0.2, -0.15) is 0 Å². The van der Waals surface area contributed by atoms with Gasteiger partial charge in [0.1, 0.15) is 11.4 Å². The Kier molecular flexibility index (Phi) is 5.51. The van der Waals surface area contributed by atoms with E-state index in [2.05, 4.69) is 22.5 Å². The van der Waals surface area contributed by atoms with Gasteiger partial charge < -0.3 is 15.4 Å². The van der Waals surface area contributed by atoms with Crippen LogP contribution in [0.15, 0.2) is 30.3 Å². The molecule has 0 saturated carbocycles. The molecule has 0 fully saturated rings. The fourth-order valence-corrected chi connectivity index (χ4v) is 2.01. The molecule has 0 aliphatic carbocycles. The zero-order valence-electron chi connectivity index (χ0n) is 12.5. The predicted octanol–water partition coefficient (Wildman–Crippen LogP) is 1.97. The number of carbonyl (C=O) groups is 1. The first-order chi connectivity index (χ1) is 10.2. The molecule has 0 radical (unpaired) electrons. The molecule has 1 amide bonds. The van der Waals surface area contributed by atoms with Crippen LogP contribution < -0.4 is 15.4 Å². The highest BCUT2D eigenvalue weighted by molar-refractivity contribution is 5.95. The zero-order valence-corrected chi connectivity index (χ0v) is 12.5. The summed E-state index contributed by atoms with van der Waals surface area (Å²) in [6.45, 7) is 4.44. The van der Waals surface area contributed by atoms with Gasteiger partial charge in [-0.25, -0.2) is 4.98 Å². The van der Waals surface area contributed by atoms with Gasteiger partial charge in [0.2, 0.25) is 0 Å². The number of benzene rings is 1. The standard InChI is InChI=1S/C16H21N3O2/c1-3-8-17-9-10-18-16(20)15-6-4-12-11-13(21-2)5-7-14(12)19-15/h4-7,11,17H,3,8-10H2,1-2H3,(H,18,20). The average molecular weight is 287 g/mol. The lowest BCUT2D eigenvalue weighted by Crippen LogP contribution is -2.32. The monoisotopic (exact) mass is 287 g/mol. The van der Waals surface area contributed by atoms with Crippen LogP contribution in [-0.4, -0.2) is 37.6 Å². The van der Waals surface area contributed by atoms with Crippen molar-refractivity contribution >= 4 is 16.8 Å². The summed E-state index contributed by atoms with van der Waals surface area (Å²) in [5.41, 5.74) is 1.22. The van der Waals surface area contributed by atoms with Crippen LogP contribution in [0.5, 0.6) is 5.75 Å². The number of hydrogen-bond donors (Lipinski definition) is 2. The van der Waals surface area contributed by atoms with Crippen molar-refractivity contribution in [1.82, 2.24) is 15.6 Å². The lowest BCUT2D eigenvalue weighted by atomic mass is 10.2. The van der Waals surface area contributed by atoms with Crippen LogP contribution in [0.2, 0.25) is 0 Å². The summed E-state index contributed by atoms with van der Waals surface area (Å²) in [5.74, 6) is 0.634. The zero-order chi connectivity index (χ0) is 15.1. The minimum absolute atomic E-state index is 0.147. The molecule has 21 heavy (non-hydrogen) atoms. The Balaban J connectivity index is 1.99. The van der Waals surface area contributed by atoms with Gasteiger partial charge in [0.15, 0.2) is 0 Å². The van der Waals surface area contributed by atoms with E-state index in [0.29, 0.717) is 12.2 Å². The van der Waals surface area contributed by atoms with E-state index >= 15 is 0 Å². The highest BCUT2D eigenvalue weighted by Crippen LogP contribution is 2.19. The SMILES string of the molecule is CCCNCCNC(=O)c1ccc2cc(OC)ccc2n1. The summed E-state index contributed by atoms with van der Waals surface area (Å²) in [6, 6.07) is 9.21. The summed E-state index contributed by atoms with van der Waals surface area (Å²) in [4.78, 5) is 16.4. The van der Waals surface area contributed by atoms with Crippen LogP contribution in [0.4, 0.5) is 0 Å². The number of carbonyl (C=O) groups excluding carboxylic acids is 1. The van der Waals surface area contributed by atoms with Gasteiger partial charge in [-0.1, -0.05) is 13.0 Å². The predicted molar refractivity (Wildman–Crippen MR) is 83.8 cm³/mol. The summed E-state index contributed by atoms with van der Waals surface area (Å²) < 4.78 is 5.17. The van der Waals surface area contributed by atoms with Crippen molar-refractivity contribution in [3.05, 3.63) is 36.0 Å². The van der Waals surface area contributed by atoms with Crippen molar-refractivity contribution in [2.75, 3.05) is 26.7 Å². The van der Waals surface area contributed by atoms with E-state index in [1.165, 1.54) is 0 Å². The van der Waals surface area contributed by atoms with Crippen molar-refractivity contribution in [3.8, 4) is 5.75 Å². The van der Waals surface area contributed by atoms with Crippen LogP contribution in [0.3, 0.4) is 0 Å². The second-order valence-corrected chi connectivity index (χ2v) is 4.76. The summed E-state index contributed by atoms with van der Waals surface area (Å²) >= 11 is 0. The number of fused-ring (bicyclic) bond motifs is 1. The number of pyridine rings is 1. The molecular weight excluding hydrogens is 266 g/mol. The fourth-order valence-electron chi connectivity index (χ4n) is 2.01. The van der Waals surface area contributed by atoms with Crippen LogP contribution in [0.25, 0.3) is 10.9 Å². The molecule has 0 bridgehead atoms. The Morgan fingerprint density at radius 3 is 2.81 bits per heavy atom. The van der Waals surface area contributed by atoms with Gasteiger partial charge in [0, 0.05) is 18.5 Å². The molecule has 5 nitrogen and oxygen atoms in total. The van der Waals surface area contributed by atoms with E-state index in [4.69, 9.17) is 4.74 Å². The number of methoxy groups -OCH3 is 1. The first-order valence-corrected chi connectivity index (χ1v) is 7.18. The molecule has 0 spiro atoms. The fraction of sp³-hybridized carbons (Fsp3) is 0.375. The van der Waals surface area contributed by atoms with E-state index in [1.807, 2.05) is 24.3 Å². The van der Waals surface area contributed by atoms with Gasteiger partial charge in [-0.15, -0.1) is 0 Å². The maximum Gasteiger partial charge on any atom is 0.269 e. The van der Waals surface area contributed by atoms with Gasteiger partial charge in [-0.3, -0.25) is 4.79 Å². The smallest absolute Gasteiger partial charge is 0.269 e. The lowest BCUT2D eigenvalue weighted by Gasteiger charge is -2.07. The quantitative estimate of drug-likeness (QED) is 0.764. The van der Waals surface area contributed by atoms with Crippen molar-refractivity contribution in [3.63, 3.8) is 0 Å². The minimum Gasteiger partial charge on any atom is -0.497 e. The Hall–Kier alpha value is -2.14. The van der Waals surface area contributed by atoms with Gasteiger partial charge in [-0.05, 0) is 37.2 Å². The highest BCUT2D eigenvalue weighted by Gasteiger charge is 2.07. The second-order valence-electron chi connectivity index (χ2n) is 4.76. The van der Waals surface area contributed by atoms with Gasteiger partial charge in [0.05, 0.1) is 12.6 Å². The molecule has 0 aliphatic heterocycles. The first-order valence-electron chi connectivity index (χ1n) is 7.18. The molecule has 1 aromatic carbocycles. The normalized spacial score (nSPS) is 10.6. The molecule has 0 unspecified atom stereocenters. The summed E-state index contributed by atoms with van der Waals surface area (Å²) in [6.07, 6.45) is 1.09. The molecular formula is C16H21N3O2. The average Bonchev–Trinajstić information content (AvgIpc) is 2.53. The molecule has 5 heteroatoms. The third kappa shape index (κ3) is 4.16. The van der Waals surface area contributed by atoms with Crippen molar-refractivity contribution in [2.45, 2.75) is 13.3 Å². The Morgan fingerprint density at radius 2 is 2.05 bits per heavy atom. The van der Waals surface area contributed by atoms with E-state index < -0.39 is 0 Å². The van der Waals surface area contributed by atoms with Crippen LogP contribution in [0, 0.1) is 0 Å².